The molecule has 1 fully saturated rings. The number of amides is 1. The molecule has 0 radical (unpaired) electrons. The maximum atomic E-state index is 12.3. The van der Waals surface area contributed by atoms with Crippen LogP contribution in [0.15, 0.2) is 24.8 Å². The average molecular weight is 356 g/mol. The van der Waals surface area contributed by atoms with Crippen LogP contribution in [0.5, 0.6) is 11.5 Å². The van der Waals surface area contributed by atoms with E-state index >= 15 is 0 Å². The Balaban J connectivity index is 1.68. The number of hydrogen-bond donors (Lipinski definition) is 1. The lowest BCUT2D eigenvalue weighted by atomic mass is 9.71. The van der Waals surface area contributed by atoms with Crippen LogP contribution in [-0.2, 0) is 10.2 Å². The maximum Gasteiger partial charge on any atom is 0.234 e. The van der Waals surface area contributed by atoms with Crippen LogP contribution in [0, 0.1) is 0 Å². The number of nitrogens with one attached hydrogen (secondary N) is 1. The normalized spacial score (nSPS) is 23.5. The van der Waals surface area contributed by atoms with Crippen molar-refractivity contribution in [3.63, 3.8) is 0 Å². The van der Waals surface area contributed by atoms with Crippen molar-refractivity contribution in [2.45, 2.75) is 44.1 Å². The van der Waals surface area contributed by atoms with Crippen LogP contribution in [0.25, 0.3) is 0 Å². The lowest BCUT2D eigenvalue weighted by molar-refractivity contribution is -0.123. The Morgan fingerprint density at radius 2 is 2.00 bits per heavy atom. The quantitative estimate of drug-likeness (QED) is 0.843. The average Bonchev–Trinajstić information content (AvgIpc) is 3.12. The summed E-state index contributed by atoms with van der Waals surface area (Å²) in [6, 6.07) is 4.56. The van der Waals surface area contributed by atoms with E-state index in [9.17, 15) is 4.79 Å². The zero-order valence-electron chi connectivity index (χ0n) is 15.6. The summed E-state index contributed by atoms with van der Waals surface area (Å²) in [5, 5.41) is 2.91. The molecule has 0 saturated heterocycles. The van der Waals surface area contributed by atoms with E-state index in [0.29, 0.717) is 26.3 Å². The molecule has 0 bridgehead atoms. The van der Waals surface area contributed by atoms with Crippen molar-refractivity contribution in [1.29, 1.82) is 0 Å². The Bertz CT molecular complexity index is 709. The molecule has 5 heteroatoms. The van der Waals surface area contributed by atoms with Gasteiger partial charge in [0.15, 0.2) is 11.5 Å². The first-order valence-electron chi connectivity index (χ1n) is 9.69. The Hall–Kier alpha value is -2.01. The second kappa shape index (κ2) is 6.95. The molecule has 1 saturated carbocycles. The number of carbonyl (C=O) groups is 1. The molecule has 26 heavy (non-hydrogen) atoms. The Morgan fingerprint density at radius 3 is 2.69 bits per heavy atom. The van der Waals surface area contributed by atoms with E-state index < -0.39 is 0 Å². The van der Waals surface area contributed by atoms with Crippen molar-refractivity contribution in [2.24, 2.45) is 0 Å². The first-order chi connectivity index (χ1) is 12.6. The van der Waals surface area contributed by atoms with Crippen molar-refractivity contribution < 1.29 is 14.3 Å². The van der Waals surface area contributed by atoms with Crippen LogP contribution in [0.4, 0.5) is 0 Å². The van der Waals surface area contributed by atoms with Gasteiger partial charge in [-0.15, -0.1) is 6.58 Å². The molecule has 1 N–H and O–H groups in total. The molecule has 1 aliphatic carbocycles. The highest BCUT2D eigenvalue weighted by Gasteiger charge is 2.45. The predicted molar refractivity (Wildman–Crippen MR) is 101 cm³/mol. The summed E-state index contributed by atoms with van der Waals surface area (Å²) < 4.78 is 11.7. The number of rotatable bonds is 4. The van der Waals surface area contributed by atoms with E-state index in [-0.39, 0.29) is 17.4 Å². The third-order valence-electron chi connectivity index (χ3n) is 6.14. The van der Waals surface area contributed by atoms with Gasteiger partial charge < -0.3 is 14.8 Å². The predicted octanol–water partition coefficient (Wildman–Crippen LogP) is 2.95. The second-order valence-electron chi connectivity index (χ2n) is 7.74. The van der Waals surface area contributed by atoms with Gasteiger partial charge >= 0.3 is 0 Å². The van der Waals surface area contributed by atoms with Crippen LogP contribution in [0.3, 0.4) is 0 Å². The highest BCUT2D eigenvalue weighted by Crippen LogP contribution is 2.51. The Labute approximate surface area is 155 Å². The first-order valence-corrected chi connectivity index (χ1v) is 9.69. The van der Waals surface area contributed by atoms with Gasteiger partial charge in [0.25, 0.3) is 0 Å². The second-order valence-corrected chi connectivity index (χ2v) is 7.74. The van der Waals surface area contributed by atoms with E-state index in [1.807, 2.05) is 0 Å². The van der Waals surface area contributed by atoms with Crippen LogP contribution < -0.4 is 14.8 Å². The number of nitrogens with zero attached hydrogens (tertiary/aromatic N) is 1. The van der Waals surface area contributed by atoms with Crippen LogP contribution in [-0.4, -0.2) is 43.7 Å². The summed E-state index contributed by atoms with van der Waals surface area (Å²) >= 11 is 0. The number of benzene rings is 1. The van der Waals surface area contributed by atoms with Gasteiger partial charge in [-0.25, -0.2) is 0 Å². The summed E-state index contributed by atoms with van der Waals surface area (Å²) in [6.07, 6.45) is 6.57. The van der Waals surface area contributed by atoms with Gasteiger partial charge in [0.05, 0.1) is 6.54 Å². The molecule has 1 spiro atoms. The van der Waals surface area contributed by atoms with Gasteiger partial charge in [-0.2, -0.15) is 0 Å². The third-order valence-corrected chi connectivity index (χ3v) is 6.14. The van der Waals surface area contributed by atoms with Crippen molar-refractivity contribution in [3.05, 3.63) is 35.9 Å². The van der Waals surface area contributed by atoms with Gasteiger partial charge in [-0.05, 0) is 43.0 Å². The molecular formula is C21H28N2O3. The van der Waals surface area contributed by atoms with Gasteiger partial charge in [0.1, 0.15) is 13.2 Å². The van der Waals surface area contributed by atoms with Crippen LogP contribution >= 0.6 is 0 Å². The van der Waals surface area contributed by atoms with Gasteiger partial charge in [0.2, 0.25) is 5.91 Å². The van der Waals surface area contributed by atoms with Crippen molar-refractivity contribution in [2.75, 3.05) is 32.8 Å². The Kier molecular flexibility index (Phi) is 4.65. The van der Waals surface area contributed by atoms with Crippen LogP contribution in [0.2, 0.25) is 0 Å². The third kappa shape index (κ3) is 2.98. The fourth-order valence-corrected chi connectivity index (χ4v) is 4.82. The van der Waals surface area contributed by atoms with Crippen molar-refractivity contribution in [3.8, 4) is 11.5 Å². The maximum absolute atomic E-state index is 12.3. The van der Waals surface area contributed by atoms with Crippen molar-refractivity contribution in [1.82, 2.24) is 10.2 Å². The topological polar surface area (TPSA) is 50.8 Å². The molecular weight excluding hydrogens is 328 g/mol. The SMILES string of the molecule is C=CCNC(=O)CN1CC2(CCCC2)c2cc3c(cc2[C@@H]1C)OCCO3. The lowest BCUT2D eigenvalue weighted by Gasteiger charge is -2.46. The largest absolute Gasteiger partial charge is 0.486 e. The number of hydrogen-bond acceptors (Lipinski definition) is 4. The molecule has 3 aliphatic rings. The molecule has 1 aromatic carbocycles. The van der Waals surface area contributed by atoms with E-state index in [2.05, 4.69) is 35.9 Å². The summed E-state index contributed by atoms with van der Waals surface area (Å²) in [7, 11) is 0. The van der Waals surface area contributed by atoms with Gasteiger partial charge in [0, 0.05) is 24.5 Å². The minimum absolute atomic E-state index is 0.0610. The molecule has 4 rings (SSSR count). The molecule has 140 valence electrons. The zero-order chi connectivity index (χ0) is 18.1. The van der Waals surface area contributed by atoms with Gasteiger partial charge in [-0.3, -0.25) is 9.69 Å². The summed E-state index contributed by atoms with van der Waals surface area (Å²) in [5.41, 5.74) is 2.84. The van der Waals surface area contributed by atoms with Crippen molar-refractivity contribution >= 4 is 5.91 Å². The summed E-state index contributed by atoms with van der Waals surface area (Å²) in [6.45, 7) is 8.94. The zero-order valence-corrected chi connectivity index (χ0v) is 15.6. The van der Waals surface area contributed by atoms with Crippen LogP contribution in [0.1, 0.15) is 49.8 Å². The smallest absolute Gasteiger partial charge is 0.234 e. The standard InChI is InChI=1S/C21H28N2O3/c1-3-8-22-20(24)13-23-14-21(6-4-5-7-21)17-12-19-18(25-9-10-26-19)11-16(17)15(23)2/h3,11-12,15H,1,4-10,13-14H2,2H3,(H,22,24)/t15-/m0/s1. The number of carbonyl (C=O) groups excluding carboxylic acids is 1. The molecule has 1 amide bonds. The highest BCUT2D eigenvalue weighted by atomic mass is 16.6. The minimum Gasteiger partial charge on any atom is -0.486 e. The molecule has 5 nitrogen and oxygen atoms in total. The lowest BCUT2D eigenvalue weighted by Crippen LogP contribution is -2.49. The van der Waals surface area contributed by atoms with E-state index in [1.54, 1.807) is 6.08 Å². The van der Waals surface area contributed by atoms with Gasteiger partial charge in [-0.1, -0.05) is 18.9 Å². The van der Waals surface area contributed by atoms with E-state index in [0.717, 1.165) is 18.0 Å². The van der Waals surface area contributed by atoms with E-state index in [1.165, 1.54) is 36.8 Å². The Morgan fingerprint density at radius 1 is 1.31 bits per heavy atom. The fourth-order valence-electron chi connectivity index (χ4n) is 4.82. The molecule has 2 aliphatic heterocycles. The number of fused-ring (bicyclic) bond motifs is 3. The fraction of sp³-hybridized carbons (Fsp3) is 0.571. The summed E-state index contributed by atoms with van der Waals surface area (Å²) in [4.78, 5) is 14.6. The molecule has 0 unspecified atom stereocenters. The molecule has 1 aromatic rings. The summed E-state index contributed by atoms with van der Waals surface area (Å²) in [5.74, 6) is 1.78. The van der Waals surface area contributed by atoms with E-state index in [4.69, 9.17) is 9.47 Å². The number of ether oxygens (including phenoxy) is 2. The first kappa shape index (κ1) is 17.4. The monoisotopic (exact) mass is 356 g/mol. The molecule has 2 heterocycles. The molecule has 1 atom stereocenters. The minimum atomic E-state index is 0.0610. The highest BCUT2D eigenvalue weighted by molar-refractivity contribution is 5.78. The molecule has 0 aromatic heterocycles.